The normalized spacial score (nSPS) is 12.9. The van der Waals surface area contributed by atoms with Crippen molar-refractivity contribution in [2.75, 3.05) is 7.11 Å². The van der Waals surface area contributed by atoms with Crippen molar-refractivity contribution in [3.05, 3.63) is 29.3 Å². The lowest BCUT2D eigenvalue weighted by Gasteiger charge is -2.17. The molecule has 0 amide bonds. The Balaban J connectivity index is 3.10. The first-order chi connectivity index (χ1) is 7.47. The number of hydrogen-bond acceptors (Lipinski definition) is 2. The Labute approximate surface area is 94.4 Å². The zero-order valence-corrected chi connectivity index (χ0v) is 9.76. The lowest BCUT2D eigenvalue weighted by molar-refractivity contribution is 0.374. The lowest BCUT2D eigenvalue weighted by atomic mass is 9.97. The van der Waals surface area contributed by atoms with Crippen molar-refractivity contribution in [1.82, 2.24) is 0 Å². The molecule has 0 bridgehead atoms. The van der Waals surface area contributed by atoms with Crippen LogP contribution in [0.1, 0.15) is 31.9 Å². The SMILES string of the molecule is COc1ccc(F)c([C@H](N)CC(C)C)c1F. The number of hydrogen-bond donors (Lipinski definition) is 1. The van der Waals surface area contributed by atoms with Crippen molar-refractivity contribution in [3.63, 3.8) is 0 Å². The van der Waals surface area contributed by atoms with Crippen LogP contribution >= 0.6 is 0 Å². The number of methoxy groups -OCH3 is 1. The van der Waals surface area contributed by atoms with Crippen LogP contribution in [-0.2, 0) is 0 Å². The second-order valence-electron chi connectivity index (χ2n) is 4.21. The molecular weight excluding hydrogens is 212 g/mol. The van der Waals surface area contributed by atoms with E-state index < -0.39 is 17.7 Å². The minimum absolute atomic E-state index is 0.0237. The zero-order chi connectivity index (χ0) is 12.3. The summed E-state index contributed by atoms with van der Waals surface area (Å²) in [7, 11) is 1.34. The predicted octanol–water partition coefficient (Wildman–Crippen LogP) is 3.02. The molecular formula is C12H17F2NO. The van der Waals surface area contributed by atoms with Crippen LogP contribution in [0.15, 0.2) is 12.1 Å². The molecule has 0 saturated carbocycles. The standard InChI is InChI=1S/C12H17F2NO/c1-7(2)6-9(15)11-8(13)4-5-10(16-3)12(11)14/h4-5,7,9H,6,15H2,1-3H3/t9-/m1/s1. The molecule has 0 aliphatic rings. The predicted molar refractivity (Wildman–Crippen MR) is 59.3 cm³/mol. The van der Waals surface area contributed by atoms with Crippen LogP contribution in [0.3, 0.4) is 0 Å². The fourth-order valence-corrected chi connectivity index (χ4v) is 1.67. The molecule has 1 aromatic rings. The van der Waals surface area contributed by atoms with Gasteiger partial charge in [-0.25, -0.2) is 8.78 Å². The van der Waals surface area contributed by atoms with Gasteiger partial charge >= 0.3 is 0 Å². The summed E-state index contributed by atoms with van der Waals surface area (Å²) in [5, 5.41) is 0. The van der Waals surface area contributed by atoms with Gasteiger partial charge in [-0.3, -0.25) is 0 Å². The molecule has 0 unspecified atom stereocenters. The van der Waals surface area contributed by atoms with Gasteiger partial charge in [0.05, 0.1) is 7.11 Å². The first-order valence-corrected chi connectivity index (χ1v) is 5.24. The van der Waals surface area contributed by atoms with E-state index in [9.17, 15) is 8.78 Å². The molecule has 4 heteroatoms. The Morgan fingerprint density at radius 2 is 1.94 bits per heavy atom. The number of rotatable bonds is 4. The molecule has 0 radical (unpaired) electrons. The minimum Gasteiger partial charge on any atom is -0.494 e. The van der Waals surface area contributed by atoms with Gasteiger partial charge in [0.1, 0.15) is 5.82 Å². The first kappa shape index (κ1) is 12.9. The largest absolute Gasteiger partial charge is 0.494 e. The van der Waals surface area contributed by atoms with Gasteiger partial charge in [-0.2, -0.15) is 0 Å². The topological polar surface area (TPSA) is 35.2 Å². The third kappa shape index (κ3) is 2.70. The van der Waals surface area contributed by atoms with E-state index in [1.165, 1.54) is 19.2 Å². The van der Waals surface area contributed by atoms with Crippen molar-refractivity contribution in [3.8, 4) is 5.75 Å². The smallest absolute Gasteiger partial charge is 0.172 e. The summed E-state index contributed by atoms with van der Waals surface area (Å²) >= 11 is 0. The maximum absolute atomic E-state index is 13.8. The van der Waals surface area contributed by atoms with Gasteiger partial charge in [-0.1, -0.05) is 13.8 Å². The van der Waals surface area contributed by atoms with Gasteiger partial charge in [0.15, 0.2) is 11.6 Å². The number of ether oxygens (including phenoxy) is 1. The van der Waals surface area contributed by atoms with Crippen molar-refractivity contribution >= 4 is 0 Å². The van der Waals surface area contributed by atoms with Gasteiger partial charge in [-0.15, -0.1) is 0 Å². The minimum atomic E-state index is -0.698. The second kappa shape index (κ2) is 5.25. The van der Waals surface area contributed by atoms with Crippen LogP contribution in [-0.4, -0.2) is 7.11 Å². The summed E-state index contributed by atoms with van der Waals surface area (Å²) in [6.45, 7) is 3.91. The van der Waals surface area contributed by atoms with E-state index in [0.717, 1.165) is 0 Å². The summed E-state index contributed by atoms with van der Waals surface area (Å²) in [5.74, 6) is -1.02. The summed E-state index contributed by atoms with van der Waals surface area (Å²) in [4.78, 5) is 0. The van der Waals surface area contributed by atoms with Gasteiger partial charge in [0.25, 0.3) is 0 Å². The average molecular weight is 229 g/mol. The molecule has 0 aliphatic heterocycles. The summed E-state index contributed by atoms with van der Waals surface area (Å²) in [6, 6.07) is 1.79. The highest BCUT2D eigenvalue weighted by atomic mass is 19.1. The molecule has 0 fully saturated rings. The van der Waals surface area contributed by atoms with Crippen molar-refractivity contribution in [2.24, 2.45) is 11.7 Å². The van der Waals surface area contributed by atoms with Crippen LogP contribution < -0.4 is 10.5 Å². The fraction of sp³-hybridized carbons (Fsp3) is 0.500. The summed E-state index contributed by atoms with van der Waals surface area (Å²) in [5.41, 5.74) is 5.70. The van der Waals surface area contributed by atoms with Crippen molar-refractivity contribution in [2.45, 2.75) is 26.3 Å². The fourth-order valence-electron chi connectivity index (χ4n) is 1.67. The molecule has 1 aromatic carbocycles. The van der Waals surface area contributed by atoms with Crippen LogP contribution in [0, 0.1) is 17.6 Å². The molecule has 16 heavy (non-hydrogen) atoms. The van der Waals surface area contributed by atoms with Crippen LogP contribution in [0.25, 0.3) is 0 Å². The van der Waals surface area contributed by atoms with E-state index in [0.29, 0.717) is 6.42 Å². The van der Waals surface area contributed by atoms with E-state index in [-0.39, 0.29) is 17.2 Å². The zero-order valence-electron chi connectivity index (χ0n) is 9.76. The van der Waals surface area contributed by atoms with Gasteiger partial charge in [0.2, 0.25) is 0 Å². The summed E-state index contributed by atoms with van der Waals surface area (Å²) in [6.07, 6.45) is 0.529. The molecule has 2 N–H and O–H groups in total. The molecule has 0 spiro atoms. The second-order valence-corrected chi connectivity index (χ2v) is 4.21. The van der Waals surface area contributed by atoms with Crippen molar-refractivity contribution < 1.29 is 13.5 Å². The molecule has 0 heterocycles. The van der Waals surface area contributed by atoms with E-state index in [1.807, 2.05) is 13.8 Å². The molecule has 0 aromatic heterocycles. The van der Waals surface area contributed by atoms with E-state index in [4.69, 9.17) is 10.5 Å². The monoisotopic (exact) mass is 229 g/mol. The molecule has 1 atom stereocenters. The molecule has 0 saturated heterocycles. The molecule has 2 nitrogen and oxygen atoms in total. The highest BCUT2D eigenvalue weighted by Gasteiger charge is 2.20. The van der Waals surface area contributed by atoms with Crippen LogP contribution in [0.4, 0.5) is 8.78 Å². The Kier molecular flexibility index (Phi) is 4.24. The van der Waals surface area contributed by atoms with E-state index in [1.54, 1.807) is 0 Å². The van der Waals surface area contributed by atoms with Crippen molar-refractivity contribution in [1.29, 1.82) is 0 Å². The first-order valence-electron chi connectivity index (χ1n) is 5.24. The lowest BCUT2D eigenvalue weighted by Crippen LogP contribution is -2.16. The van der Waals surface area contributed by atoms with E-state index in [2.05, 4.69) is 0 Å². The molecule has 0 aliphatic carbocycles. The Morgan fingerprint density at radius 3 is 2.44 bits per heavy atom. The Bertz CT molecular complexity index is 366. The quantitative estimate of drug-likeness (QED) is 0.861. The number of halogens is 2. The van der Waals surface area contributed by atoms with Gasteiger partial charge in [0, 0.05) is 11.6 Å². The Hall–Kier alpha value is -1.16. The van der Waals surface area contributed by atoms with Gasteiger partial charge in [-0.05, 0) is 24.5 Å². The summed E-state index contributed by atoms with van der Waals surface area (Å²) < 4.78 is 32.1. The Morgan fingerprint density at radius 1 is 1.31 bits per heavy atom. The van der Waals surface area contributed by atoms with Crippen LogP contribution in [0.2, 0.25) is 0 Å². The third-order valence-electron chi connectivity index (χ3n) is 2.41. The average Bonchev–Trinajstić information content (AvgIpc) is 2.16. The number of benzene rings is 1. The molecule has 90 valence electrons. The number of nitrogens with two attached hydrogens (primary N) is 1. The van der Waals surface area contributed by atoms with E-state index >= 15 is 0 Å². The van der Waals surface area contributed by atoms with Crippen LogP contribution in [0.5, 0.6) is 5.75 Å². The third-order valence-corrected chi connectivity index (χ3v) is 2.41. The maximum Gasteiger partial charge on any atom is 0.172 e. The highest BCUT2D eigenvalue weighted by molar-refractivity contribution is 5.34. The molecule has 1 rings (SSSR count). The van der Waals surface area contributed by atoms with Gasteiger partial charge < -0.3 is 10.5 Å². The highest BCUT2D eigenvalue weighted by Crippen LogP contribution is 2.29. The maximum atomic E-state index is 13.8.